The van der Waals surface area contributed by atoms with E-state index in [2.05, 4.69) is 29.3 Å². The molecule has 7 heteroatoms. The first kappa shape index (κ1) is 23.5. The molecule has 1 N–H and O–H groups in total. The number of rotatable bonds is 6. The van der Waals surface area contributed by atoms with E-state index < -0.39 is 11.9 Å². The normalized spacial score (nSPS) is 15.8. The number of carbonyl (C=O) groups excluding carboxylic acids is 1. The lowest BCUT2D eigenvalue weighted by Gasteiger charge is -2.35. The van der Waals surface area contributed by atoms with Crippen molar-refractivity contribution in [2.75, 3.05) is 4.90 Å². The summed E-state index contributed by atoms with van der Waals surface area (Å²) < 4.78 is 19.9. The molecule has 1 atom stereocenters. The predicted molar refractivity (Wildman–Crippen MR) is 138 cm³/mol. The summed E-state index contributed by atoms with van der Waals surface area (Å²) in [6.07, 6.45) is 1.84. The number of carbonyl (C=O) groups is 1. The van der Waals surface area contributed by atoms with Gasteiger partial charge in [0.1, 0.15) is 5.82 Å². The molecule has 2 amide bonds. The smallest absolute Gasteiger partial charge is 0.326 e. The summed E-state index contributed by atoms with van der Waals surface area (Å²) in [5, 5.41) is 7.23. The van der Waals surface area contributed by atoms with Gasteiger partial charge < -0.3 is 9.84 Å². The minimum absolute atomic E-state index is 0.270. The second-order valence-corrected chi connectivity index (χ2v) is 8.77. The Morgan fingerprint density at radius 3 is 2.28 bits per heavy atom. The van der Waals surface area contributed by atoms with E-state index in [0.717, 1.165) is 18.4 Å². The van der Waals surface area contributed by atoms with Crippen LogP contribution in [0.2, 0.25) is 0 Å². The molecule has 0 spiro atoms. The van der Waals surface area contributed by atoms with Gasteiger partial charge in [-0.3, -0.25) is 4.90 Å². The van der Waals surface area contributed by atoms with Crippen molar-refractivity contribution in [1.29, 1.82) is 0 Å². The first-order valence-corrected chi connectivity index (χ1v) is 12.1. The van der Waals surface area contributed by atoms with E-state index in [1.807, 2.05) is 55.5 Å². The second kappa shape index (κ2) is 9.77. The minimum atomic E-state index is -0.657. The summed E-state index contributed by atoms with van der Waals surface area (Å²) in [5.41, 5.74) is 5.77. The number of urea groups is 1. The molecular formula is C29H27FN4O2. The molecule has 0 bridgehead atoms. The Kier molecular flexibility index (Phi) is 6.38. The highest BCUT2D eigenvalue weighted by molar-refractivity contribution is 6.01. The van der Waals surface area contributed by atoms with Crippen LogP contribution in [-0.2, 0) is 12.8 Å². The van der Waals surface area contributed by atoms with Crippen molar-refractivity contribution in [2.24, 2.45) is 0 Å². The van der Waals surface area contributed by atoms with Crippen LogP contribution >= 0.6 is 0 Å². The van der Waals surface area contributed by atoms with Gasteiger partial charge in [-0.05, 0) is 60.7 Å². The molecule has 6 nitrogen and oxygen atoms in total. The summed E-state index contributed by atoms with van der Waals surface area (Å²) in [5.74, 6) is 0.326. The van der Waals surface area contributed by atoms with E-state index in [-0.39, 0.29) is 11.9 Å². The molecule has 182 valence electrons. The number of halogens is 1. The van der Waals surface area contributed by atoms with Crippen LogP contribution < -0.4 is 10.2 Å². The van der Waals surface area contributed by atoms with E-state index in [9.17, 15) is 9.18 Å². The standard InChI is InChI=1S/C29H27FN4O2/c1-4-19-9-13-21(14-10-19)27-32-28(36-33-27)25-18(3)34(24-15-11-20(5-2)12-16-24)29(35)31-26(25)22-7-6-8-23(30)17-22/h6-17,26H,4-5H2,1-3H3,(H,31,35). The van der Waals surface area contributed by atoms with E-state index in [4.69, 9.17) is 4.52 Å². The molecule has 1 unspecified atom stereocenters. The third-order valence-corrected chi connectivity index (χ3v) is 6.55. The highest BCUT2D eigenvalue weighted by atomic mass is 19.1. The number of aromatic nitrogens is 2. The van der Waals surface area contributed by atoms with Crippen molar-refractivity contribution in [3.8, 4) is 11.4 Å². The number of nitrogens with one attached hydrogen (secondary N) is 1. The van der Waals surface area contributed by atoms with Crippen molar-refractivity contribution in [3.05, 3.63) is 107 Å². The highest BCUT2D eigenvalue weighted by Crippen LogP contribution is 2.39. The molecule has 0 radical (unpaired) electrons. The fourth-order valence-electron chi connectivity index (χ4n) is 4.49. The van der Waals surface area contributed by atoms with Crippen LogP contribution in [0.5, 0.6) is 0 Å². The molecular weight excluding hydrogens is 455 g/mol. The maximum absolute atomic E-state index is 14.2. The number of benzene rings is 3. The Labute approximate surface area is 209 Å². The third-order valence-electron chi connectivity index (χ3n) is 6.55. The molecule has 5 rings (SSSR count). The topological polar surface area (TPSA) is 71.3 Å². The lowest BCUT2D eigenvalue weighted by atomic mass is 9.94. The second-order valence-electron chi connectivity index (χ2n) is 8.77. The predicted octanol–water partition coefficient (Wildman–Crippen LogP) is 6.70. The Morgan fingerprint density at radius 1 is 0.972 bits per heavy atom. The monoisotopic (exact) mass is 482 g/mol. The molecule has 0 fully saturated rings. The molecule has 2 heterocycles. The molecule has 1 aliphatic rings. The SMILES string of the molecule is CCc1ccc(-c2noc(C3=C(C)N(c4ccc(CC)cc4)C(=O)NC3c3cccc(F)c3)n2)cc1. The lowest BCUT2D eigenvalue weighted by molar-refractivity contribution is 0.244. The van der Waals surface area contributed by atoms with Gasteiger partial charge in [0.2, 0.25) is 5.82 Å². The van der Waals surface area contributed by atoms with Crippen molar-refractivity contribution >= 4 is 17.3 Å². The van der Waals surface area contributed by atoms with Gasteiger partial charge in [-0.15, -0.1) is 0 Å². The van der Waals surface area contributed by atoms with Crippen LogP contribution in [-0.4, -0.2) is 16.2 Å². The van der Waals surface area contributed by atoms with Gasteiger partial charge in [-0.2, -0.15) is 4.98 Å². The molecule has 1 aromatic heterocycles. The van der Waals surface area contributed by atoms with Crippen LogP contribution in [0.25, 0.3) is 17.0 Å². The van der Waals surface area contributed by atoms with Gasteiger partial charge in [-0.25, -0.2) is 9.18 Å². The molecule has 0 saturated carbocycles. The number of allylic oxidation sites excluding steroid dienone is 1. The van der Waals surface area contributed by atoms with Crippen LogP contribution in [0.1, 0.15) is 49.4 Å². The zero-order valence-corrected chi connectivity index (χ0v) is 20.5. The fraction of sp³-hybridized carbons (Fsp3) is 0.207. The average Bonchev–Trinajstić information content (AvgIpc) is 3.38. The van der Waals surface area contributed by atoms with Crippen LogP contribution in [0, 0.1) is 5.82 Å². The number of hydrogen-bond acceptors (Lipinski definition) is 4. The van der Waals surface area contributed by atoms with E-state index in [1.165, 1.54) is 23.3 Å². The van der Waals surface area contributed by atoms with Crippen molar-refractivity contribution in [1.82, 2.24) is 15.5 Å². The summed E-state index contributed by atoms with van der Waals surface area (Å²) >= 11 is 0. The fourth-order valence-corrected chi connectivity index (χ4v) is 4.49. The molecule has 3 aromatic carbocycles. The Hall–Kier alpha value is -4.26. The van der Waals surface area contributed by atoms with Gasteiger partial charge >= 0.3 is 6.03 Å². The molecule has 36 heavy (non-hydrogen) atoms. The summed E-state index contributed by atoms with van der Waals surface area (Å²) in [7, 11) is 0. The van der Waals surface area contributed by atoms with E-state index >= 15 is 0 Å². The van der Waals surface area contributed by atoms with E-state index in [0.29, 0.717) is 28.3 Å². The molecule has 1 aliphatic heterocycles. The quantitative estimate of drug-likeness (QED) is 0.332. The van der Waals surface area contributed by atoms with Crippen LogP contribution in [0.3, 0.4) is 0 Å². The van der Waals surface area contributed by atoms with Crippen LogP contribution in [0.15, 0.2) is 83.0 Å². The largest absolute Gasteiger partial charge is 0.334 e. The maximum atomic E-state index is 14.2. The number of nitrogens with zero attached hydrogens (tertiary/aromatic N) is 3. The minimum Gasteiger partial charge on any atom is -0.334 e. The first-order valence-electron chi connectivity index (χ1n) is 12.1. The molecule has 0 saturated heterocycles. The Bertz CT molecular complexity index is 1420. The highest BCUT2D eigenvalue weighted by Gasteiger charge is 2.36. The van der Waals surface area contributed by atoms with Crippen LogP contribution in [0.4, 0.5) is 14.9 Å². The Balaban J connectivity index is 1.62. The van der Waals surface area contributed by atoms with Gasteiger partial charge in [-0.1, -0.05) is 67.5 Å². The lowest BCUT2D eigenvalue weighted by Crippen LogP contribution is -2.46. The maximum Gasteiger partial charge on any atom is 0.326 e. The summed E-state index contributed by atoms with van der Waals surface area (Å²) in [6, 6.07) is 21.0. The number of anilines is 1. The van der Waals surface area contributed by atoms with E-state index in [1.54, 1.807) is 17.0 Å². The summed E-state index contributed by atoms with van der Waals surface area (Å²) in [6.45, 7) is 6.02. The molecule has 0 aliphatic carbocycles. The number of amides is 2. The van der Waals surface area contributed by atoms with Gasteiger partial charge in [0.15, 0.2) is 0 Å². The van der Waals surface area contributed by atoms with Crippen molar-refractivity contribution < 1.29 is 13.7 Å². The molecule has 4 aromatic rings. The zero-order chi connectivity index (χ0) is 25.2. The first-order chi connectivity index (χ1) is 17.5. The van der Waals surface area contributed by atoms with Crippen molar-refractivity contribution in [3.63, 3.8) is 0 Å². The van der Waals surface area contributed by atoms with Crippen molar-refractivity contribution in [2.45, 2.75) is 39.7 Å². The van der Waals surface area contributed by atoms with Gasteiger partial charge in [0, 0.05) is 11.3 Å². The Morgan fingerprint density at radius 2 is 1.64 bits per heavy atom. The number of hydrogen-bond donors (Lipinski definition) is 1. The number of aryl methyl sites for hydroxylation is 2. The average molecular weight is 483 g/mol. The third kappa shape index (κ3) is 4.40. The summed E-state index contributed by atoms with van der Waals surface area (Å²) in [4.78, 5) is 19.6. The van der Waals surface area contributed by atoms with Gasteiger partial charge in [0.25, 0.3) is 5.89 Å². The van der Waals surface area contributed by atoms with Gasteiger partial charge in [0.05, 0.1) is 17.3 Å². The zero-order valence-electron chi connectivity index (χ0n) is 20.5.